The lowest BCUT2D eigenvalue weighted by atomic mass is 10.1. The first-order chi connectivity index (χ1) is 11.5. The molecule has 0 saturated carbocycles. The van der Waals surface area contributed by atoms with Crippen LogP contribution in [0.5, 0.6) is 11.5 Å². The molecule has 24 heavy (non-hydrogen) atoms. The third kappa shape index (κ3) is 4.65. The highest BCUT2D eigenvalue weighted by molar-refractivity contribution is 6.30. The number of likely N-dealkylation sites (N-methyl/N-ethyl adjacent to an activating group) is 1. The van der Waals surface area contributed by atoms with Crippen molar-refractivity contribution in [2.45, 2.75) is 26.0 Å². The number of carbonyl (C=O) groups is 1. The van der Waals surface area contributed by atoms with E-state index in [1.807, 2.05) is 31.2 Å². The lowest BCUT2D eigenvalue weighted by Crippen LogP contribution is -2.39. The maximum Gasteiger partial charge on any atom is 0.263 e. The third-order valence-corrected chi connectivity index (χ3v) is 3.93. The number of para-hydroxylation sites is 1. The smallest absolute Gasteiger partial charge is 0.263 e. The van der Waals surface area contributed by atoms with Gasteiger partial charge in [-0.05, 0) is 30.7 Å². The number of ether oxygens (including phenoxy) is 2. The van der Waals surface area contributed by atoms with Crippen LogP contribution in [0.15, 0.2) is 48.5 Å². The molecule has 0 heterocycles. The summed E-state index contributed by atoms with van der Waals surface area (Å²) in [5, 5.41) is 0.581. The molecule has 2 aromatic rings. The molecule has 0 aliphatic heterocycles. The largest absolute Gasteiger partial charge is 0.496 e. The molecule has 0 aliphatic carbocycles. The zero-order valence-corrected chi connectivity index (χ0v) is 14.9. The van der Waals surface area contributed by atoms with Crippen LogP contribution in [0.25, 0.3) is 0 Å². The van der Waals surface area contributed by atoms with Crippen LogP contribution in [0.1, 0.15) is 18.9 Å². The van der Waals surface area contributed by atoms with Gasteiger partial charge in [0, 0.05) is 24.2 Å². The van der Waals surface area contributed by atoms with Gasteiger partial charge in [-0.15, -0.1) is 0 Å². The minimum atomic E-state index is -0.553. The molecular weight excluding hydrogens is 326 g/mol. The Morgan fingerprint density at radius 3 is 2.62 bits per heavy atom. The van der Waals surface area contributed by atoms with Crippen molar-refractivity contribution in [2.24, 2.45) is 0 Å². The van der Waals surface area contributed by atoms with Crippen LogP contribution in [0.4, 0.5) is 0 Å². The van der Waals surface area contributed by atoms with Crippen LogP contribution in [0, 0.1) is 0 Å². The van der Waals surface area contributed by atoms with Crippen molar-refractivity contribution in [3.05, 3.63) is 59.1 Å². The molecule has 0 unspecified atom stereocenters. The van der Waals surface area contributed by atoms with Crippen LogP contribution in [-0.4, -0.2) is 31.1 Å². The number of rotatable bonds is 7. The van der Waals surface area contributed by atoms with Gasteiger partial charge in [0.2, 0.25) is 0 Å². The second kappa shape index (κ2) is 8.60. The summed E-state index contributed by atoms with van der Waals surface area (Å²) in [6, 6.07) is 14.7. The van der Waals surface area contributed by atoms with Crippen LogP contribution in [0.2, 0.25) is 5.02 Å². The van der Waals surface area contributed by atoms with Crippen LogP contribution < -0.4 is 9.47 Å². The van der Waals surface area contributed by atoms with Crippen LogP contribution in [0.3, 0.4) is 0 Å². The first kappa shape index (κ1) is 18.1. The maximum atomic E-state index is 12.7. The van der Waals surface area contributed by atoms with Gasteiger partial charge >= 0.3 is 0 Å². The molecule has 0 fully saturated rings. The van der Waals surface area contributed by atoms with Crippen LogP contribution >= 0.6 is 11.6 Å². The molecule has 2 aromatic carbocycles. The van der Waals surface area contributed by atoms with E-state index in [0.29, 0.717) is 23.7 Å². The third-order valence-electron chi connectivity index (χ3n) is 3.70. The average Bonchev–Trinajstić information content (AvgIpc) is 2.59. The van der Waals surface area contributed by atoms with E-state index in [-0.39, 0.29) is 5.91 Å². The van der Waals surface area contributed by atoms with Crippen molar-refractivity contribution in [3.63, 3.8) is 0 Å². The maximum absolute atomic E-state index is 12.7. The Bertz CT molecular complexity index is 690. The Kier molecular flexibility index (Phi) is 6.50. The van der Waals surface area contributed by atoms with Gasteiger partial charge in [-0.25, -0.2) is 0 Å². The standard InChI is InChI=1S/C19H22ClNO3/c1-4-17(24-16-10-7-9-15(20)12-16)19(22)21(2)13-14-8-5-6-11-18(14)23-3/h5-12,17H,4,13H2,1-3H3/t17-/m1/s1. The quantitative estimate of drug-likeness (QED) is 0.754. The topological polar surface area (TPSA) is 38.8 Å². The van der Waals surface area contributed by atoms with Crippen molar-refractivity contribution in [1.82, 2.24) is 4.90 Å². The lowest BCUT2D eigenvalue weighted by molar-refractivity contribution is -0.138. The Balaban J connectivity index is 2.07. The monoisotopic (exact) mass is 347 g/mol. The first-order valence-electron chi connectivity index (χ1n) is 7.84. The van der Waals surface area contributed by atoms with E-state index in [1.54, 1.807) is 43.3 Å². The fourth-order valence-electron chi connectivity index (χ4n) is 2.43. The number of nitrogens with zero attached hydrogens (tertiary/aromatic N) is 1. The predicted octanol–water partition coefficient (Wildman–Crippen LogP) is 4.16. The number of halogens is 1. The molecule has 1 amide bonds. The SMILES string of the molecule is CC[C@@H](Oc1cccc(Cl)c1)C(=O)N(C)Cc1ccccc1OC. The summed E-state index contributed by atoms with van der Waals surface area (Å²) in [6.45, 7) is 2.38. The van der Waals surface area contributed by atoms with Gasteiger partial charge in [0.05, 0.1) is 7.11 Å². The highest BCUT2D eigenvalue weighted by atomic mass is 35.5. The number of benzene rings is 2. The van der Waals surface area contributed by atoms with Gasteiger partial charge in [0.25, 0.3) is 5.91 Å². The molecule has 0 spiro atoms. The van der Waals surface area contributed by atoms with E-state index in [2.05, 4.69) is 0 Å². The van der Waals surface area contributed by atoms with E-state index in [1.165, 1.54) is 0 Å². The summed E-state index contributed by atoms with van der Waals surface area (Å²) in [5.74, 6) is 1.28. The van der Waals surface area contributed by atoms with Crippen molar-refractivity contribution in [2.75, 3.05) is 14.2 Å². The fraction of sp³-hybridized carbons (Fsp3) is 0.316. The number of hydrogen-bond donors (Lipinski definition) is 0. The minimum Gasteiger partial charge on any atom is -0.496 e. The summed E-state index contributed by atoms with van der Waals surface area (Å²) >= 11 is 5.97. The van der Waals surface area contributed by atoms with Gasteiger partial charge < -0.3 is 14.4 Å². The van der Waals surface area contributed by atoms with E-state index < -0.39 is 6.10 Å². The summed E-state index contributed by atoms with van der Waals surface area (Å²) < 4.78 is 11.2. The molecule has 0 aliphatic rings. The first-order valence-corrected chi connectivity index (χ1v) is 8.22. The fourth-order valence-corrected chi connectivity index (χ4v) is 2.61. The van der Waals surface area contributed by atoms with Gasteiger partial charge in [-0.1, -0.05) is 42.8 Å². The number of methoxy groups -OCH3 is 1. The second-order valence-electron chi connectivity index (χ2n) is 5.48. The Hall–Kier alpha value is -2.20. The predicted molar refractivity (Wildman–Crippen MR) is 95.6 cm³/mol. The van der Waals surface area contributed by atoms with E-state index in [9.17, 15) is 4.79 Å². The van der Waals surface area contributed by atoms with Crippen molar-refractivity contribution in [1.29, 1.82) is 0 Å². The zero-order valence-electron chi connectivity index (χ0n) is 14.2. The minimum absolute atomic E-state index is 0.0802. The summed E-state index contributed by atoms with van der Waals surface area (Å²) in [6.07, 6.45) is 0.0184. The summed E-state index contributed by atoms with van der Waals surface area (Å²) in [4.78, 5) is 14.3. The van der Waals surface area contributed by atoms with E-state index in [0.717, 1.165) is 11.3 Å². The van der Waals surface area contributed by atoms with Crippen molar-refractivity contribution < 1.29 is 14.3 Å². The molecule has 0 radical (unpaired) electrons. The summed E-state index contributed by atoms with van der Waals surface area (Å²) in [5.41, 5.74) is 0.952. The average molecular weight is 348 g/mol. The highest BCUT2D eigenvalue weighted by Gasteiger charge is 2.23. The Morgan fingerprint density at radius 2 is 1.96 bits per heavy atom. The molecule has 5 heteroatoms. The number of hydrogen-bond acceptors (Lipinski definition) is 3. The lowest BCUT2D eigenvalue weighted by Gasteiger charge is -2.24. The van der Waals surface area contributed by atoms with Crippen molar-refractivity contribution in [3.8, 4) is 11.5 Å². The van der Waals surface area contributed by atoms with Crippen molar-refractivity contribution >= 4 is 17.5 Å². The molecular formula is C19H22ClNO3. The van der Waals surface area contributed by atoms with E-state index >= 15 is 0 Å². The molecule has 0 N–H and O–H groups in total. The Morgan fingerprint density at radius 1 is 1.21 bits per heavy atom. The number of carbonyl (C=O) groups excluding carboxylic acids is 1. The van der Waals surface area contributed by atoms with Gasteiger partial charge in [-0.2, -0.15) is 0 Å². The molecule has 0 bridgehead atoms. The molecule has 4 nitrogen and oxygen atoms in total. The van der Waals surface area contributed by atoms with Gasteiger partial charge in [0.15, 0.2) is 6.10 Å². The summed E-state index contributed by atoms with van der Waals surface area (Å²) in [7, 11) is 3.39. The highest BCUT2D eigenvalue weighted by Crippen LogP contribution is 2.22. The molecule has 128 valence electrons. The van der Waals surface area contributed by atoms with Crippen LogP contribution in [-0.2, 0) is 11.3 Å². The van der Waals surface area contributed by atoms with Gasteiger partial charge in [-0.3, -0.25) is 4.79 Å². The molecule has 2 rings (SSSR count). The van der Waals surface area contributed by atoms with Gasteiger partial charge in [0.1, 0.15) is 11.5 Å². The normalized spacial score (nSPS) is 11.7. The molecule has 0 aromatic heterocycles. The Labute approximate surface area is 147 Å². The number of amides is 1. The molecule has 0 saturated heterocycles. The zero-order chi connectivity index (χ0) is 17.5. The molecule has 1 atom stereocenters. The van der Waals surface area contributed by atoms with E-state index in [4.69, 9.17) is 21.1 Å². The second-order valence-corrected chi connectivity index (χ2v) is 5.91.